The summed E-state index contributed by atoms with van der Waals surface area (Å²) in [7, 11) is 1.56. The molecule has 214 valence electrons. The van der Waals surface area contributed by atoms with Gasteiger partial charge in [-0.1, -0.05) is 31.9 Å². The van der Waals surface area contributed by atoms with Crippen LogP contribution in [0.5, 0.6) is 11.5 Å². The van der Waals surface area contributed by atoms with Gasteiger partial charge in [-0.25, -0.2) is 9.97 Å². The van der Waals surface area contributed by atoms with Gasteiger partial charge in [-0.05, 0) is 49.6 Å². The van der Waals surface area contributed by atoms with Crippen LogP contribution in [0.2, 0.25) is 0 Å². The molecule has 1 aliphatic heterocycles. The lowest BCUT2D eigenvalue weighted by molar-refractivity contribution is -0.139. The summed E-state index contributed by atoms with van der Waals surface area (Å²) in [5, 5.41) is 11.7. The molecule has 1 fully saturated rings. The Morgan fingerprint density at radius 2 is 1.90 bits per heavy atom. The molecule has 1 atom stereocenters. The number of hydrogen-bond acceptors (Lipinski definition) is 7. The average molecular weight is 558 g/mol. The molecule has 5 rings (SSSR count). The number of pyridine rings is 1. The number of imidazole rings is 2. The van der Waals surface area contributed by atoms with Crippen molar-refractivity contribution in [2.24, 2.45) is 0 Å². The molecule has 0 aliphatic carbocycles. The van der Waals surface area contributed by atoms with E-state index in [-0.39, 0.29) is 11.3 Å². The molecule has 4 heterocycles. The molecule has 0 radical (unpaired) electrons. The average Bonchev–Trinajstić information content (AvgIpc) is 3.68. The monoisotopic (exact) mass is 557 g/mol. The quantitative estimate of drug-likeness (QED) is 0.114. The van der Waals surface area contributed by atoms with Crippen LogP contribution in [0.1, 0.15) is 55.6 Å². The van der Waals surface area contributed by atoms with E-state index < -0.39 is 17.7 Å². The number of carbonyl (C=O) groups excluding carboxylic acids is 2. The molecule has 1 amide bonds. The highest BCUT2D eigenvalue weighted by atomic mass is 16.5. The van der Waals surface area contributed by atoms with Crippen LogP contribution in [0.15, 0.2) is 66.9 Å². The van der Waals surface area contributed by atoms with Gasteiger partial charge in [0.15, 0.2) is 17.3 Å². The fourth-order valence-corrected chi connectivity index (χ4v) is 5.33. The Hall–Kier alpha value is -4.60. The zero-order chi connectivity index (χ0) is 28.9. The first-order chi connectivity index (χ1) is 19.9. The number of carbonyl (C=O) groups is 2. The van der Waals surface area contributed by atoms with Crippen molar-refractivity contribution in [3.8, 4) is 11.5 Å². The fourth-order valence-electron chi connectivity index (χ4n) is 5.33. The number of aliphatic hydroxyl groups excluding tert-OH is 1. The van der Waals surface area contributed by atoms with Crippen molar-refractivity contribution < 1.29 is 24.2 Å². The molecule has 1 aromatic carbocycles. The summed E-state index contributed by atoms with van der Waals surface area (Å²) in [5.74, 6) is -0.580. The molecular formula is C31H35N5O5. The molecule has 10 nitrogen and oxygen atoms in total. The van der Waals surface area contributed by atoms with Crippen LogP contribution in [0.3, 0.4) is 0 Å². The number of ketones is 1. The fraction of sp³-hybridized carbons (Fsp3) is 0.355. The first-order valence-corrected chi connectivity index (χ1v) is 13.9. The van der Waals surface area contributed by atoms with Crippen LogP contribution in [-0.4, -0.2) is 60.9 Å². The summed E-state index contributed by atoms with van der Waals surface area (Å²) in [4.78, 5) is 37.2. The maximum atomic E-state index is 13.6. The predicted octanol–water partition coefficient (Wildman–Crippen LogP) is 4.93. The zero-order valence-corrected chi connectivity index (χ0v) is 23.6. The highest BCUT2D eigenvalue weighted by Gasteiger charge is 2.46. The molecule has 4 aromatic rings. The second-order valence-corrected chi connectivity index (χ2v) is 10.1. The maximum absolute atomic E-state index is 13.6. The number of ether oxygens (including phenoxy) is 2. The van der Waals surface area contributed by atoms with Gasteiger partial charge >= 0.3 is 0 Å². The molecule has 1 N–H and O–H groups in total. The Bertz CT molecular complexity index is 1570. The topological polar surface area (TPSA) is 111 Å². The van der Waals surface area contributed by atoms with E-state index in [4.69, 9.17) is 9.47 Å². The van der Waals surface area contributed by atoms with Crippen molar-refractivity contribution in [3.63, 3.8) is 0 Å². The Morgan fingerprint density at radius 1 is 1.05 bits per heavy atom. The molecule has 10 heteroatoms. The predicted molar refractivity (Wildman–Crippen MR) is 154 cm³/mol. The standard InChI is InChI=1S/C31H35N5O5/c1-4-5-8-18-41-23-12-11-22(19-24(23)40-3)28-26(29(37)27-21(2)33-25-10-6-7-15-35(25)27)30(38)31(39)36(28)16-9-14-34-17-13-32-20-34/h6-7,10-13,15,17,19-20,28,37H,4-5,8-9,14,16,18H2,1-3H3. The van der Waals surface area contributed by atoms with E-state index in [0.29, 0.717) is 60.2 Å². The number of nitrogens with zero attached hydrogens (tertiary/aromatic N) is 5. The van der Waals surface area contributed by atoms with Gasteiger partial charge in [-0.2, -0.15) is 0 Å². The number of aliphatic hydroxyl groups is 1. The highest BCUT2D eigenvalue weighted by molar-refractivity contribution is 6.46. The number of benzene rings is 1. The number of aryl methyl sites for hydroxylation is 2. The molecule has 1 aliphatic rings. The summed E-state index contributed by atoms with van der Waals surface area (Å²) in [5.41, 5.74) is 2.21. The molecule has 0 saturated carbocycles. The Labute approximate surface area is 238 Å². The van der Waals surface area contributed by atoms with E-state index in [9.17, 15) is 14.7 Å². The van der Waals surface area contributed by atoms with E-state index in [1.165, 1.54) is 4.90 Å². The minimum atomic E-state index is -0.825. The SMILES string of the molecule is CCCCCOc1ccc(C2C(=C(O)c3c(C)nc4ccccn34)C(=O)C(=O)N2CCCn2ccnc2)cc1OC. The number of Topliss-reactive ketones (excluding diaryl/α,β-unsaturated/α-hetero) is 1. The summed E-state index contributed by atoms with van der Waals surface area (Å²) < 4.78 is 15.3. The van der Waals surface area contributed by atoms with Crippen molar-refractivity contribution in [1.82, 2.24) is 23.8 Å². The van der Waals surface area contributed by atoms with Crippen molar-refractivity contribution >= 4 is 23.1 Å². The zero-order valence-electron chi connectivity index (χ0n) is 23.6. The number of amides is 1. The number of fused-ring (bicyclic) bond motifs is 1. The normalized spacial score (nSPS) is 16.6. The third-order valence-corrected chi connectivity index (χ3v) is 7.35. The van der Waals surface area contributed by atoms with Crippen molar-refractivity contribution in [1.29, 1.82) is 0 Å². The van der Waals surface area contributed by atoms with Gasteiger partial charge in [0.25, 0.3) is 11.7 Å². The number of hydrogen-bond donors (Lipinski definition) is 1. The molecule has 0 bridgehead atoms. The first kappa shape index (κ1) is 27.9. The smallest absolute Gasteiger partial charge is 0.295 e. The van der Waals surface area contributed by atoms with E-state index in [2.05, 4.69) is 16.9 Å². The van der Waals surface area contributed by atoms with Gasteiger partial charge in [0.05, 0.1) is 37.4 Å². The molecule has 1 unspecified atom stereocenters. The summed E-state index contributed by atoms with van der Waals surface area (Å²) in [6.07, 6.45) is 10.7. The van der Waals surface area contributed by atoms with Gasteiger partial charge in [-0.15, -0.1) is 0 Å². The Balaban J connectivity index is 1.57. The van der Waals surface area contributed by atoms with Crippen molar-refractivity contribution in [2.75, 3.05) is 20.3 Å². The van der Waals surface area contributed by atoms with Crippen LogP contribution in [0.25, 0.3) is 11.4 Å². The third-order valence-electron chi connectivity index (χ3n) is 7.35. The summed E-state index contributed by atoms with van der Waals surface area (Å²) in [6, 6.07) is 10.1. The minimum Gasteiger partial charge on any atom is -0.505 e. The number of aromatic nitrogens is 4. The van der Waals surface area contributed by atoms with Gasteiger partial charge in [0, 0.05) is 31.7 Å². The van der Waals surface area contributed by atoms with Crippen molar-refractivity contribution in [3.05, 3.63) is 83.8 Å². The molecular weight excluding hydrogens is 522 g/mol. The summed E-state index contributed by atoms with van der Waals surface area (Å²) >= 11 is 0. The molecule has 3 aromatic heterocycles. The molecule has 0 spiro atoms. The first-order valence-electron chi connectivity index (χ1n) is 13.9. The van der Waals surface area contributed by atoms with Crippen LogP contribution in [0, 0.1) is 6.92 Å². The molecule has 41 heavy (non-hydrogen) atoms. The second kappa shape index (κ2) is 12.3. The highest BCUT2D eigenvalue weighted by Crippen LogP contribution is 2.42. The lowest BCUT2D eigenvalue weighted by Gasteiger charge is -2.26. The Kier molecular flexibility index (Phi) is 8.37. The Morgan fingerprint density at radius 3 is 2.66 bits per heavy atom. The van der Waals surface area contributed by atoms with E-state index >= 15 is 0 Å². The molecule has 1 saturated heterocycles. The largest absolute Gasteiger partial charge is 0.505 e. The maximum Gasteiger partial charge on any atom is 0.295 e. The van der Waals surface area contributed by atoms with E-state index in [1.54, 1.807) is 49.3 Å². The number of likely N-dealkylation sites (tertiary alicyclic amines) is 1. The van der Waals surface area contributed by atoms with E-state index in [1.807, 2.05) is 35.0 Å². The third kappa shape index (κ3) is 5.54. The number of methoxy groups -OCH3 is 1. The van der Waals surface area contributed by atoms with Crippen LogP contribution >= 0.6 is 0 Å². The van der Waals surface area contributed by atoms with Gasteiger partial charge in [-0.3, -0.25) is 14.0 Å². The second-order valence-electron chi connectivity index (χ2n) is 10.1. The van der Waals surface area contributed by atoms with E-state index in [0.717, 1.165) is 19.3 Å². The lowest BCUT2D eigenvalue weighted by atomic mass is 9.95. The summed E-state index contributed by atoms with van der Waals surface area (Å²) in [6.45, 7) is 5.38. The number of rotatable bonds is 12. The van der Waals surface area contributed by atoms with Crippen LogP contribution < -0.4 is 9.47 Å². The number of unbranched alkanes of at least 4 members (excludes halogenated alkanes) is 2. The van der Waals surface area contributed by atoms with Gasteiger partial charge in [0.2, 0.25) is 0 Å². The van der Waals surface area contributed by atoms with Crippen LogP contribution in [0.4, 0.5) is 0 Å². The van der Waals surface area contributed by atoms with Crippen LogP contribution in [-0.2, 0) is 16.1 Å². The lowest BCUT2D eigenvalue weighted by Crippen LogP contribution is -2.31. The van der Waals surface area contributed by atoms with Crippen molar-refractivity contribution in [2.45, 2.75) is 52.1 Å². The van der Waals surface area contributed by atoms with Gasteiger partial charge < -0.3 is 24.0 Å². The van der Waals surface area contributed by atoms with Gasteiger partial charge in [0.1, 0.15) is 11.3 Å². The minimum absolute atomic E-state index is 0.0186.